The van der Waals surface area contributed by atoms with Gasteiger partial charge in [0.2, 0.25) is 0 Å². The van der Waals surface area contributed by atoms with E-state index in [1.54, 1.807) is 6.07 Å². The zero-order chi connectivity index (χ0) is 15.5. The van der Waals surface area contributed by atoms with E-state index in [4.69, 9.17) is 5.11 Å². The van der Waals surface area contributed by atoms with Crippen LogP contribution >= 0.6 is 11.8 Å². The number of thioether (sulfide) groups is 1. The highest BCUT2D eigenvalue weighted by molar-refractivity contribution is 7.98. The second-order valence-corrected chi connectivity index (χ2v) is 5.81. The third-order valence-electron chi connectivity index (χ3n) is 3.14. The lowest BCUT2D eigenvalue weighted by molar-refractivity contribution is 0.305. The summed E-state index contributed by atoms with van der Waals surface area (Å²) in [6.07, 6.45) is 0.421. The summed E-state index contributed by atoms with van der Waals surface area (Å²) >= 11 is 1.81. The first-order valence-electron chi connectivity index (χ1n) is 7.38. The molecule has 0 atom stereocenters. The van der Waals surface area contributed by atoms with E-state index in [2.05, 4.69) is 30.6 Å². The average Bonchev–Trinajstić information content (AvgIpc) is 2.47. The maximum Gasteiger partial charge on any atom is 0.124 e. The predicted octanol–water partition coefficient (Wildman–Crippen LogP) is 3.13. The minimum absolute atomic E-state index is 0.0381. The van der Waals surface area contributed by atoms with Gasteiger partial charge in [0.15, 0.2) is 0 Å². The number of rotatable bonds is 8. The van der Waals surface area contributed by atoms with Gasteiger partial charge in [0.1, 0.15) is 5.82 Å². The summed E-state index contributed by atoms with van der Waals surface area (Å²) < 4.78 is 13.5. The standard InChI is InChI=1S/C17H24FNOS/c1-3-19(4-2)8-10-21-14-16-11-15(7-5-6-9-20)12-17(18)13-16/h11-13,20H,3-4,6,8-10,14H2,1-2H3. The summed E-state index contributed by atoms with van der Waals surface area (Å²) in [5, 5.41) is 8.70. The number of halogens is 1. The fraction of sp³-hybridized carbons (Fsp3) is 0.529. The largest absolute Gasteiger partial charge is 0.395 e. The predicted molar refractivity (Wildman–Crippen MR) is 88.9 cm³/mol. The molecule has 0 saturated carbocycles. The van der Waals surface area contributed by atoms with E-state index in [9.17, 15) is 4.39 Å². The van der Waals surface area contributed by atoms with Crippen molar-refractivity contribution >= 4 is 11.8 Å². The maximum absolute atomic E-state index is 13.5. The van der Waals surface area contributed by atoms with Gasteiger partial charge in [-0.1, -0.05) is 25.7 Å². The van der Waals surface area contributed by atoms with Crippen LogP contribution in [0.4, 0.5) is 4.39 Å². The van der Waals surface area contributed by atoms with Gasteiger partial charge in [-0.05, 0) is 36.9 Å². The minimum Gasteiger partial charge on any atom is -0.395 e. The Hall–Kier alpha value is -1.02. The molecular formula is C17H24FNOS. The first-order valence-corrected chi connectivity index (χ1v) is 8.54. The first kappa shape index (κ1) is 18.0. The summed E-state index contributed by atoms with van der Waals surface area (Å²) in [4.78, 5) is 2.38. The smallest absolute Gasteiger partial charge is 0.124 e. The molecule has 0 amide bonds. The summed E-state index contributed by atoms with van der Waals surface area (Å²) in [5.74, 6) is 7.31. The molecule has 1 rings (SSSR count). The molecule has 0 bridgehead atoms. The molecule has 0 spiro atoms. The Morgan fingerprint density at radius 2 is 2.00 bits per heavy atom. The Bertz CT molecular complexity index is 477. The van der Waals surface area contributed by atoms with E-state index >= 15 is 0 Å². The fourth-order valence-corrected chi connectivity index (χ4v) is 2.88. The van der Waals surface area contributed by atoms with Gasteiger partial charge < -0.3 is 10.0 Å². The fourth-order valence-electron chi connectivity index (χ4n) is 1.95. The highest BCUT2D eigenvalue weighted by Gasteiger charge is 2.02. The highest BCUT2D eigenvalue weighted by atomic mass is 32.2. The molecule has 0 fully saturated rings. The van der Waals surface area contributed by atoms with Gasteiger partial charge in [0.05, 0.1) is 6.61 Å². The normalized spacial score (nSPS) is 10.5. The topological polar surface area (TPSA) is 23.5 Å². The third-order valence-corrected chi connectivity index (χ3v) is 4.15. The van der Waals surface area contributed by atoms with Crippen LogP contribution in [0, 0.1) is 17.7 Å². The van der Waals surface area contributed by atoms with E-state index in [1.165, 1.54) is 6.07 Å². The summed E-state index contributed by atoms with van der Waals surface area (Å²) in [5.41, 5.74) is 1.65. The van der Waals surface area contributed by atoms with Gasteiger partial charge in [-0.3, -0.25) is 0 Å². The summed E-state index contributed by atoms with van der Waals surface area (Å²) in [6, 6.07) is 4.94. The number of benzene rings is 1. The molecule has 1 N–H and O–H groups in total. The van der Waals surface area contributed by atoms with Crippen LogP contribution in [0.15, 0.2) is 18.2 Å². The SMILES string of the molecule is CCN(CC)CCSCc1cc(F)cc(C#CCCO)c1. The van der Waals surface area contributed by atoms with Gasteiger partial charge in [0.25, 0.3) is 0 Å². The van der Waals surface area contributed by atoms with Crippen molar-refractivity contribution in [1.29, 1.82) is 0 Å². The molecule has 0 aliphatic heterocycles. The quantitative estimate of drug-likeness (QED) is 0.589. The molecule has 0 aliphatic rings. The monoisotopic (exact) mass is 309 g/mol. The Morgan fingerprint density at radius 3 is 2.67 bits per heavy atom. The lowest BCUT2D eigenvalue weighted by Gasteiger charge is -2.17. The third kappa shape index (κ3) is 7.52. The van der Waals surface area contributed by atoms with Crippen LogP contribution in [-0.4, -0.2) is 42.0 Å². The molecule has 1 aromatic rings. The molecule has 0 aromatic heterocycles. The Labute approximate surface area is 131 Å². The second kappa shape index (κ2) is 10.7. The summed E-state index contributed by atoms with van der Waals surface area (Å²) in [6.45, 7) is 7.58. The zero-order valence-corrected chi connectivity index (χ0v) is 13.7. The van der Waals surface area contributed by atoms with Gasteiger partial charge >= 0.3 is 0 Å². The number of aliphatic hydroxyl groups is 1. The van der Waals surface area contributed by atoms with Crippen LogP contribution in [0.3, 0.4) is 0 Å². The van der Waals surface area contributed by atoms with E-state index in [-0.39, 0.29) is 12.4 Å². The van der Waals surface area contributed by atoms with Crippen LogP contribution < -0.4 is 0 Å². The van der Waals surface area contributed by atoms with Crippen molar-refractivity contribution in [2.24, 2.45) is 0 Å². The molecular weight excluding hydrogens is 285 g/mol. The van der Waals surface area contributed by atoms with Gasteiger partial charge in [-0.25, -0.2) is 4.39 Å². The zero-order valence-electron chi connectivity index (χ0n) is 12.9. The lowest BCUT2D eigenvalue weighted by Crippen LogP contribution is -2.25. The van der Waals surface area contributed by atoms with Crippen LogP contribution in [0.1, 0.15) is 31.4 Å². The lowest BCUT2D eigenvalue weighted by atomic mass is 10.1. The Balaban J connectivity index is 2.50. The van der Waals surface area contributed by atoms with Gasteiger partial charge in [-0.2, -0.15) is 11.8 Å². The van der Waals surface area contributed by atoms with Crippen LogP contribution in [0.5, 0.6) is 0 Å². The second-order valence-electron chi connectivity index (χ2n) is 4.70. The highest BCUT2D eigenvalue weighted by Crippen LogP contribution is 2.15. The van der Waals surface area contributed by atoms with Gasteiger partial charge in [0, 0.05) is 30.0 Å². The van der Waals surface area contributed by atoms with Gasteiger partial charge in [-0.15, -0.1) is 0 Å². The first-order chi connectivity index (χ1) is 10.2. The van der Waals surface area contributed by atoms with Crippen molar-refractivity contribution in [2.75, 3.05) is 32.0 Å². The average molecular weight is 309 g/mol. The number of hydrogen-bond acceptors (Lipinski definition) is 3. The van der Waals surface area contributed by atoms with Crippen molar-refractivity contribution in [3.63, 3.8) is 0 Å². The maximum atomic E-state index is 13.5. The Morgan fingerprint density at radius 1 is 1.24 bits per heavy atom. The molecule has 0 radical (unpaired) electrons. The number of hydrogen-bond donors (Lipinski definition) is 1. The number of nitrogens with zero attached hydrogens (tertiary/aromatic N) is 1. The van der Waals surface area contributed by atoms with Crippen LogP contribution in [0.25, 0.3) is 0 Å². The molecule has 21 heavy (non-hydrogen) atoms. The minimum atomic E-state index is -0.245. The van der Waals surface area contributed by atoms with E-state index in [1.807, 2.05) is 17.8 Å². The van der Waals surface area contributed by atoms with Crippen molar-refractivity contribution in [1.82, 2.24) is 4.90 Å². The van der Waals surface area contributed by atoms with Crippen LogP contribution in [0.2, 0.25) is 0 Å². The van der Waals surface area contributed by atoms with Crippen LogP contribution in [-0.2, 0) is 5.75 Å². The van der Waals surface area contributed by atoms with Crippen molar-refractivity contribution in [3.8, 4) is 11.8 Å². The summed E-state index contributed by atoms with van der Waals surface area (Å²) in [7, 11) is 0. The molecule has 0 heterocycles. The molecule has 2 nitrogen and oxygen atoms in total. The molecule has 0 unspecified atom stereocenters. The van der Waals surface area contributed by atoms with Crippen molar-refractivity contribution in [3.05, 3.63) is 35.1 Å². The molecule has 0 aliphatic carbocycles. The van der Waals surface area contributed by atoms with E-state index in [0.717, 1.165) is 36.7 Å². The van der Waals surface area contributed by atoms with E-state index in [0.29, 0.717) is 12.0 Å². The van der Waals surface area contributed by atoms with E-state index < -0.39 is 0 Å². The van der Waals surface area contributed by atoms with Crippen molar-refractivity contribution < 1.29 is 9.50 Å². The number of aliphatic hydroxyl groups excluding tert-OH is 1. The molecule has 4 heteroatoms. The van der Waals surface area contributed by atoms with Crippen molar-refractivity contribution in [2.45, 2.75) is 26.0 Å². The Kier molecular flexibility index (Phi) is 9.16. The molecule has 0 saturated heterocycles. The molecule has 1 aromatic carbocycles. The molecule has 116 valence electrons.